The minimum absolute atomic E-state index is 0.559. The number of pyridine rings is 1. The largest absolute Gasteiger partial charge is 0.492 e. The molecule has 4 aromatic rings. The second-order valence-corrected chi connectivity index (χ2v) is 6.62. The molecule has 0 radical (unpaired) electrons. The molecule has 140 valence electrons. The number of anilines is 1. The van der Waals surface area contributed by atoms with Crippen LogP contribution in [0, 0.1) is 0 Å². The van der Waals surface area contributed by atoms with Crippen molar-refractivity contribution in [2.24, 2.45) is 5.10 Å². The summed E-state index contributed by atoms with van der Waals surface area (Å²) in [5.41, 5.74) is 5.12. The van der Waals surface area contributed by atoms with Gasteiger partial charge in [-0.25, -0.2) is 4.98 Å². The van der Waals surface area contributed by atoms with Crippen LogP contribution < -0.4 is 10.2 Å². The molecule has 2 heterocycles. The van der Waals surface area contributed by atoms with Crippen LogP contribution in [0.5, 0.6) is 5.75 Å². The molecule has 28 heavy (non-hydrogen) atoms. The van der Waals surface area contributed by atoms with Crippen molar-refractivity contribution in [3.8, 4) is 5.75 Å². The van der Waals surface area contributed by atoms with Crippen molar-refractivity contribution in [3.05, 3.63) is 89.7 Å². The highest BCUT2D eigenvalue weighted by molar-refractivity contribution is 6.30. The van der Waals surface area contributed by atoms with Crippen molar-refractivity contribution in [1.82, 2.24) is 9.55 Å². The van der Waals surface area contributed by atoms with E-state index < -0.39 is 0 Å². The normalized spacial score (nSPS) is 11.2. The minimum atomic E-state index is 0.559. The summed E-state index contributed by atoms with van der Waals surface area (Å²) >= 11 is 5.91. The van der Waals surface area contributed by atoms with Crippen LogP contribution in [0.1, 0.15) is 5.56 Å². The van der Waals surface area contributed by atoms with Gasteiger partial charge in [0, 0.05) is 33.9 Å². The van der Waals surface area contributed by atoms with Gasteiger partial charge in [-0.05, 0) is 42.5 Å². The number of hydrogen-bond donors (Lipinski definition) is 1. The van der Waals surface area contributed by atoms with Crippen molar-refractivity contribution in [2.75, 3.05) is 12.0 Å². The molecule has 0 aliphatic carbocycles. The molecular weight excluding hydrogens is 372 g/mol. The van der Waals surface area contributed by atoms with E-state index in [2.05, 4.69) is 38.4 Å². The number of hydrogen-bond acceptors (Lipinski definition) is 4. The number of nitrogens with zero attached hydrogens (tertiary/aromatic N) is 3. The lowest BCUT2D eigenvalue weighted by Crippen LogP contribution is -2.07. The molecule has 5 nitrogen and oxygen atoms in total. The molecule has 0 aliphatic rings. The minimum Gasteiger partial charge on any atom is -0.492 e. The highest BCUT2D eigenvalue weighted by Gasteiger charge is 2.06. The molecule has 0 fully saturated rings. The van der Waals surface area contributed by atoms with Crippen molar-refractivity contribution in [2.45, 2.75) is 6.54 Å². The van der Waals surface area contributed by atoms with E-state index in [-0.39, 0.29) is 0 Å². The Morgan fingerprint density at radius 1 is 1.04 bits per heavy atom. The summed E-state index contributed by atoms with van der Waals surface area (Å²) in [6.45, 7) is 1.29. The quantitative estimate of drug-likeness (QED) is 0.348. The van der Waals surface area contributed by atoms with Gasteiger partial charge in [0.2, 0.25) is 0 Å². The molecule has 0 saturated heterocycles. The fraction of sp³-hybridized carbons (Fsp3) is 0.0909. The van der Waals surface area contributed by atoms with Gasteiger partial charge in [0.05, 0.1) is 12.8 Å². The lowest BCUT2D eigenvalue weighted by Gasteiger charge is -2.08. The smallest absolute Gasteiger partial charge is 0.146 e. The summed E-state index contributed by atoms with van der Waals surface area (Å²) in [4.78, 5) is 4.20. The van der Waals surface area contributed by atoms with Crippen LogP contribution in [0.25, 0.3) is 10.9 Å². The molecule has 0 aliphatic heterocycles. The summed E-state index contributed by atoms with van der Waals surface area (Å²) in [6.07, 6.45) is 5.62. The van der Waals surface area contributed by atoms with E-state index in [1.807, 2.05) is 60.8 Å². The number of ether oxygens (including phenoxy) is 1. The molecule has 2 aromatic heterocycles. The number of rotatable bonds is 7. The van der Waals surface area contributed by atoms with Crippen molar-refractivity contribution in [1.29, 1.82) is 0 Å². The van der Waals surface area contributed by atoms with Crippen molar-refractivity contribution in [3.63, 3.8) is 0 Å². The number of hydrazone groups is 1. The molecule has 0 spiro atoms. The van der Waals surface area contributed by atoms with Crippen molar-refractivity contribution >= 4 is 34.5 Å². The Labute approximate surface area is 168 Å². The van der Waals surface area contributed by atoms with Crippen LogP contribution in [-0.2, 0) is 6.54 Å². The molecule has 0 atom stereocenters. The van der Waals surface area contributed by atoms with E-state index >= 15 is 0 Å². The monoisotopic (exact) mass is 390 g/mol. The van der Waals surface area contributed by atoms with E-state index in [4.69, 9.17) is 16.3 Å². The molecule has 2 aromatic carbocycles. The van der Waals surface area contributed by atoms with E-state index in [9.17, 15) is 0 Å². The average Bonchev–Trinajstić information content (AvgIpc) is 3.08. The van der Waals surface area contributed by atoms with Gasteiger partial charge in [-0.2, -0.15) is 5.10 Å². The predicted octanol–water partition coefficient (Wildman–Crippen LogP) is 5.21. The number of halogens is 1. The third-order valence-corrected chi connectivity index (χ3v) is 4.53. The van der Waals surface area contributed by atoms with Gasteiger partial charge in [0.15, 0.2) is 0 Å². The summed E-state index contributed by atoms with van der Waals surface area (Å²) in [5, 5.41) is 6.16. The van der Waals surface area contributed by atoms with E-state index in [1.165, 1.54) is 0 Å². The van der Waals surface area contributed by atoms with Gasteiger partial charge in [-0.15, -0.1) is 0 Å². The molecule has 0 amide bonds. The SMILES string of the molecule is Clc1ccc(OCCn2cc(/C=N/Nc3ccccn3)c3ccccc32)cc1. The van der Waals surface area contributed by atoms with Gasteiger partial charge < -0.3 is 9.30 Å². The third-order valence-electron chi connectivity index (χ3n) is 4.28. The zero-order valence-electron chi connectivity index (χ0n) is 15.1. The second kappa shape index (κ2) is 8.59. The fourth-order valence-electron chi connectivity index (χ4n) is 2.95. The van der Waals surface area contributed by atoms with Crippen LogP contribution >= 0.6 is 11.6 Å². The molecule has 0 unspecified atom stereocenters. The Bertz CT molecular complexity index is 1070. The maximum atomic E-state index is 5.91. The van der Waals surface area contributed by atoms with Gasteiger partial charge in [0.25, 0.3) is 0 Å². The van der Waals surface area contributed by atoms with E-state index in [1.54, 1.807) is 6.20 Å². The Hall–Kier alpha value is -3.31. The topological polar surface area (TPSA) is 51.4 Å². The fourth-order valence-corrected chi connectivity index (χ4v) is 3.08. The average molecular weight is 391 g/mol. The van der Waals surface area contributed by atoms with Crippen LogP contribution in [0.3, 0.4) is 0 Å². The number of para-hydroxylation sites is 1. The second-order valence-electron chi connectivity index (χ2n) is 6.18. The van der Waals surface area contributed by atoms with Gasteiger partial charge in [-0.1, -0.05) is 35.9 Å². The molecule has 0 saturated carbocycles. The number of aromatic nitrogens is 2. The maximum absolute atomic E-state index is 5.91. The van der Waals surface area contributed by atoms with Gasteiger partial charge in [0.1, 0.15) is 18.2 Å². The summed E-state index contributed by atoms with van der Waals surface area (Å²) in [7, 11) is 0. The molecular formula is C22H19ClN4O. The molecule has 6 heteroatoms. The molecule has 4 rings (SSSR count). The van der Waals surface area contributed by atoms with Crippen LogP contribution in [0.15, 0.2) is 84.2 Å². The first-order chi connectivity index (χ1) is 13.8. The zero-order valence-corrected chi connectivity index (χ0v) is 15.9. The summed E-state index contributed by atoms with van der Waals surface area (Å²) < 4.78 is 8.00. The number of nitrogens with one attached hydrogen (secondary N) is 1. The zero-order chi connectivity index (χ0) is 19.2. The Morgan fingerprint density at radius 3 is 2.68 bits per heavy atom. The standard InChI is InChI=1S/C22H19ClN4O/c23-18-8-10-19(11-9-18)28-14-13-27-16-17(20-5-1-2-6-21(20)27)15-25-26-22-7-3-4-12-24-22/h1-12,15-16H,13-14H2,(H,24,26)/b25-15+. The van der Waals surface area contributed by atoms with Crippen LogP contribution in [0.2, 0.25) is 5.02 Å². The van der Waals surface area contributed by atoms with Gasteiger partial charge in [-0.3, -0.25) is 5.43 Å². The maximum Gasteiger partial charge on any atom is 0.146 e. The number of benzene rings is 2. The first kappa shape index (κ1) is 18.1. The lowest BCUT2D eigenvalue weighted by molar-refractivity contribution is 0.300. The van der Waals surface area contributed by atoms with Crippen molar-refractivity contribution < 1.29 is 4.74 Å². The highest BCUT2D eigenvalue weighted by atomic mass is 35.5. The lowest BCUT2D eigenvalue weighted by atomic mass is 10.2. The first-order valence-electron chi connectivity index (χ1n) is 8.96. The Balaban J connectivity index is 1.47. The first-order valence-corrected chi connectivity index (χ1v) is 9.34. The van der Waals surface area contributed by atoms with Gasteiger partial charge >= 0.3 is 0 Å². The predicted molar refractivity (Wildman–Crippen MR) is 114 cm³/mol. The third kappa shape index (κ3) is 4.32. The summed E-state index contributed by atoms with van der Waals surface area (Å²) in [6, 6.07) is 21.3. The van der Waals surface area contributed by atoms with E-state index in [0.29, 0.717) is 17.4 Å². The highest BCUT2D eigenvalue weighted by Crippen LogP contribution is 2.21. The Kier molecular flexibility index (Phi) is 5.54. The van der Waals surface area contributed by atoms with Crippen LogP contribution in [-0.4, -0.2) is 22.4 Å². The molecule has 0 bridgehead atoms. The Morgan fingerprint density at radius 2 is 1.86 bits per heavy atom. The number of fused-ring (bicyclic) bond motifs is 1. The van der Waals surface area contributed by atoms with E-state index in [0.717, 1.165) is 28.8 Å². The summed E-state index contributed by atoms with van der Waals surface area (Å²) in [5.74, 6) is 1.51. The van der Waals surface area contributed by atoms with Crippen LogP contribution in [0.4, 0.5) is 5.82 Å². The molecule has 1 N–H and O–H groups in total.